The minimum Gasteiger partial charge on any atom is -0.480 e. The van der Waals surface area contributed by atoms with E-state index in [2.05, 4.69) is 54.3 Å². The zero-order chi connectivity index (χ0) is 22.9. The highest BCUT2D eigenvalue weighted by Gasteiger charge is 2.30. The molecule has 30 heavy (non-hydrogen) atoms. The molecule has 0 aromatic heterocycles. The van der Waals surface area contributed by atoms with Crippen LogP contribution in [-0.2, 0) is 9.59 Å². The van der Waals surface area contributed by atoms with E-state index in [1.165, 1.54) is 0 Å². The number of likely N-dealkylation sites (N-methyl/N-ethyl adjacent to an activating group) is 3. The number of carbonyl (C=O) groups excluding carboxylic acids is 1. The lowest BCUT2D eigenvalue weighted by atomic mass is 10.00. The molecule has 0 radical (unpaired) electrons. The van der Waals surface area contributed by atoms with Crippen molar-refractivity contribution in [3.63, 3.8) is 0 Å². The van der Waals surface area contributed by atoms with Crippen molar-refractivity contribution in [1.82, 2.24) is 19.6 Å². The second kappa shape index (κ2) is 12.7. The van der Waals surface area contributed by atoms with Gasteiger partial charge in [0.2, 0.25) is 0 Å². The maximum Gasteiger partial charge on any atom is 0.320 e. The molecule has 7 heteroatoms. The van der Waals surface area contributed by atoms with E-state index in [1.807, 2.05) is 13.8 Å². The summed E-state index contributed by atoms with van der Waals surface area (Å²) in [5.41, 5.74) is 0.0509. The van der Waals surface area contributed by atoms with Crippen molar-refractivity contribution in [2.75, 3.05) is 66.0 Å². The van der Waals surface area contributed by atoms with Gasteiger partial charge in [0.25, 0.3) is 0 Å². The monoisotopic (exact) mass is 426 g/mol. The summed E-state index contributed by atoms with van der Waals surface area (Å²) in [5.74, 6) is -0.716. The maximum atomic E-state index is 12.1. The van der Waals surface area contributed by atoms with Crippen LogP contribution in [0.15, 0.2) is 0 Å². The van der Waals surface area contributed by atoms with E-state index in [1.54, 1.807) is 0 Å². The van der Waals surface area contributed by atoms with E-state index in [0.29, 0.717) is 25.9 Å². The van der Waals surface area contributed by atoms with E-state index in [4.69, 9.17) is 0 Å². The van der Waals surface area contributed by atoms with Crippen LogP contribution in [0.25, 0.3) is 0 Å². The Morgan fingerprint density at radius 2 is 1.47 bits per heavy atom. The molecule has 1 fully saturated rings. The average Bonchev–Trinajstić information content (AvgIpc) is 2.68. The molecule has 0 aromatic carbocycles. The lowest BCUT2D eigenvalue weighted by Crippen LogP contribution is -2.55. The highest BCUT2D eigenvalue weighted by atomic mass is 16.4. The number of carboxylic acid groups (broad SMARTS) is 1. The molecule has 1 heterocycles. The van der Waals surface area contributed by atoms with Crippen LogP contribution in [0.2, 0.25) is 0 Å². The molecule has 0 amide bonds. The zero-order valence-corrected chi connectivity index (χ0v) is 20.5. The number of nitrogens with zero attached hydrogens (tertiary/aromatic N) is 4. The number of hydrogen-bond acceptors (Lipinski definition) is 6. The Labute approximate surface area is 184 Å². The SMILES string of the molecule is CCN1CCN(C(CCC(=O)C(C)C)C(=O)O)CCN(CC)CC(C)(C)N(C)CC1. The summed E-state index contributed by atoms with van der Waals surface area (Å²) in [6, 6.07) is -0.608. The van der Waals surface area contributed by atoms with Gasteiger partial charge in [-0.2, -0.15) is 0 Å². The maximum absolute atomic E-state index is 12.1. The van der Waals surface area contributed by atoms with Crippen LogP contribution in [0.3, 0.4) is 0 Å². The van der Waals surface area contributed by atoms with Gasteiger partial charge in [0.1, 0.15) is 11.8 Å². The highest BCUT2D eigenvalue weighted by Crippen LogP contribution is 2.17. The highest BCUT2D eigenvalue weighted by molar-refractivity contribution is 5.81. The number of carbonyl (C=O) groups is 2. The third-order valence-electron chi connectivity index (χ3n) is 6.73. The van der Waals surface area contributed by atoms with Crippen LogP contribution in [-0.4, -0.2) is 114 Å². The average molecular weight is 427 g/mol. The van der Waals surface area contributed by atoms with Crippen molar-refractivity contribution in [2.24, 2.45) is 5.92 Å². The van der Waals surface area contributed by atoms with E-state index in [0.717, 1.165) is 45.8 Å². The predicted molar refractivity (Wildman–Crippen MR) is 123 cm³/mol. The predicted octanol–water partition coefficient (Wildman–Crippen LogP) is 2.11. The first-order chi connectivity index (χ1) is 14.0. The van der Waals surface area contributed by atoms with Crippen LogP contribution < -0.4 is 0 Å². The van der Waals surface area contributed by atoms with Gasteiger partial charge in [-0.25, -0.2) is 0 Å². The first-order valence-corrected chi connectivity index (χ1v) is 11.7. The Hall–Kier alpha value is -1.02. The number of ketones is 1. The van der Waals surface area contributed by atoms with Gasteiger partial charge in [0, 0.05) is 63.7 Å². The second-order valence-electron chi connectivity index (χ2n) is 9.59. The van der Waals surface area contributed by atoms with E-state index < -0.39 is 12.0 Å². The van der Waals surface area contributed by atoms with Crippen molar-refractivity contribution in [1.29, 1.82) is 0 Å². The molecule has 0 aliphatic carbocycles. The smallest absolute Gasteiger partial charge is 0.320 e. The molecule has 1 unspecified atom stereocenters. The Balaban J connectivity index is 3.01. The van der Waals surface area contributed by atoms with Crippen LogP contribution in [0.1, 0.15) is 54.4 Å². The Morgan fingerprint density at radius 3 is 1.97 bits per heavy atom. The summed E-state index contributed by atoms with van der Waals surface area (Å²) in [6.07, 6.45) is 0.719. The number of Topliss-reactive ketones (excluding diaryl/α,β-unsaturated/α-hetero) is 1. The van der Waals surface area contributed by atoms with Gasteiger partial charge in [-0.1, -0.05) is 27.7 Å². The Bertz CT molecular complexity index is 539. The molecule has 0 aromatic rings. The molecule has 1 aliphatic rings. The minimum atomic E-state index is -0.815. The molecular weight excluding hydrogens is 380 g/mol. The van der Waals surface area contributed by atoms with Crippen LogP contribution >= 0.6 is 0 Å². The largest absolute Gasteiger partial charge is 0.480 e. The second-order valence-corrected chi connectivity index (χ2v) is 9.59. The molecule has 1 rings (SSSR count). The Morgan fingerprint density at radius 1 is 0.933 bits per heavy atom. The molecule has 0 bridgehead atoms. The summed E-state index contributed by atoms with van der Waals surface area (Å²) in [4.78, 5) is 33.6. The van der Waals surface area contributed by atoms with Gasteiger partial charge in [0.15, 0.2) is 0 Å². The summed E-state index contributed by atoms with van der Waals surface area (Å²) >= 11 is 0. The topological polar surface area (TPSA) is 67.3 Å². The van der Waals surface area contributed by atoms with Crippen LogP contribution in [0.5, 0.6) is 0 Å². The summed E-state index contributed by atoms with van der Waals surface area (Å²) in [5, 5.41) is 9.94. The van der Waals surface area contributed by atoms with E-state index in [-0.39, 0.29) is 17.2 Å². The van der Waals surface area contributed by atoms with Crippen molar-refractivity contribution in [3.05, 3.63) is 0 Å². The van der Waals surface area contributed by atoms with Gasteiger partial charge in [-0.05, 0) is 40.4 Å². The summed E-state index contributed by atoms with van der Waals surface area (Å²) < 4.78 is 0. The normalized spacial score (nSPS) is 22.4. The fraction of sp³-hybridized carbons (Fsp3) is 0.913. The van der Waals surface area contributed by atoms with Crippen molar-refractivity contribution < 1.29 is 14.7 Å². The lowest BCUT2D eigenvalue weighted by molar-refractivity contribution is -0.144. The van der Waals surface area contributed by atoms with Gasteiger partial charge < -0.3 is 14.9 Å². The van der Waals surface area contributed by atoms with Crippen LogP contribution in [0.4, 0.5) is 0 Å². The Kier molecular flexibility index (Phi) is 11.5. The molecule has 0 spiro atoms. The zero-order valence-electron chi connectivity index (χ0n) is 20.5. The number of aliphatic carboxylic acids is 1. The minimum absolute atomic E-state index is 0.0452. The molecule has 176 valence electrons. The molecule has 1 saturated heterocycles. The molecule has 0 saturated carbocycles. The first-order valence-electron chi connectivity index (χ1n) is 11.7. The van der Waals surface area contributed by atoms with Crippen LogP contribution in [0, 0.1) is 5.92 Å². The summed E-state index contributed by atoms with van der Waals surface area (Å²) in [7, 11) is 2.20. The molecule has 1 N–H and O–H groups in total. The van der Waals surface area contributed by atoms with Gasteiger partial charge >= 0.3 is 5.97 Å². The fourth-order valence-electron chi connectivity index (χ4n) is 4.03. The first kappa shape index (κ1) is 27.0. The van der Waals surface area contributed by atoms with Gasteiger partial charge in [0.05, 0.1) is 0 Å². The van der Waals surface area contributed by atoms with Gasteiger partial charge in [-0.3, -0.25) is 19.4 Å². The molecule has 7 nitrogen and oxygen atoms in total. The van der Waals surface area contributed by atoms with Gasteiger partial charge in [-0.15, -0.1) is 0 Å². The third-order valence-corrected chi connectivity index (χ3v) is 6.73. The fourth-order valence-corrected chi connectivity index (χ4v) is 4.03. The van der Waals surface area contributed by atoms with E-state index in [9.17, 15) is 14.7 Å². The molecular formula is C23H46N4O3. The third kappa shape index (κ3) is 8.61. The number of hydrogen-bond donors (Lipinski definition) is 1. The standard InChI is InChI=1S/C23H46N4O3/c1-8-25-13-12-24(7)23(5,6)18-26(9-2)15-17-27(16-14-25)20(22(29)30)10-11-21(28)19(3)4/h19-20H,8-18H2,1-7H3,(H,29,30). The van der Waals surface area contributed by atoms with Crippen molar-refractivity contribution >= 4 is 11.8 Å². The summed E-state index contributed by atoms with van der Waals surface area (Å²) in [6.45, 7) is 20.6. The molecule has 1 atom stereocenters. The lowest BCUT2D eigenvalue weighted by Gasteiger charge is -2.42. The molecule has 1 aliphatic heterocycles. The number of rotatable bonds is 8. The number of carboxylic acids is 1. The quantitative estimate of drug-likeness (QED) is 0.638. The van der Waals surface area contributed by atoms with E-state index >= 15 is 0 Å². The van der Waals surface area contributed by atoms with Crippen molar-refractivity contribution in [2.45, 2.75) is 66.0 Å². The van der Waals surface area contributed by atoms with Crippen molar-refractivity contribution in [3.8, 4) is 0 Å².